The van der Waals surface area contributed by atoms with E-state index in [0.29, 0.717) is 6.32 Å². The number of carbonyl (C=O) groups excluding carboxylic acids is 2. The van der Waals surface area contributed by atoms with Gasteiger partial charge in [-0.3, -0.25) is 9.59 Å². The fraction of sp³-hybridized carbons (Fsp3) is 0.875. The van der Waals surface area contributed by atoms with Crippen LogP contribution < -0.4 is 0 Å². The lowest BCUT2D eigenvalue weighted by molar-refractivity contribution is -0.187. The van der Waals surface area contributed by atoms with E-state index in [9.17, 15) is 9.59 Å². The topological polar surface area (TPSA) is 59.1 Å². The Labute approximate surface area is 140 Å². The Morgan fingerprint density at radius 2 is 1.39 bits per heavy atom. The van der Waals surface area contributed by atoms with Gasteiger partial charge in [-0.05, 0) is 20.2 Å². The van der Waals surface area contributed by atoms with Gasteiger partial charge in [0.2, 0.25) is 0 Å². The van der Waals surface area contributed by atoms with Crippen LogP contribution in [0.3, 0.4) is 0 Å². The number of carbonyl (C=O) groups is 2. The molecule has 0 aliphatic carbocycles. The minimum atomic E-state index is -1.10. The molecule has 0 saturated carbocycles. The third-order valence-corrected chi connectivity index (χ3v) is 4.86. The van der Waals surface area contributed by atoms with Gasteiger partial charge < -0.3 is 19.1 Å². The van der Waals surface area contributed by atoms with Crippen molar-refractivity contribution in [2.45, 2.75) is 58.1 Å². The molecule has 1 rings (SSSR count). The van der Waals surface area contributed by atoms with Crippen LogP contribution in [0.15, 0.2) is 0 Å². The molecule has 0 aromatic heterocycles. The fourth-order valence-corrected chi connectivity index (χ4v) is 3.15. The predicted molar refractivity (Wildman–Crippen MR) is 91.0 cm³/mol. The molecule has 23 heavy (non-hydrogen) atoms. The van der Waals surface area contributed by atoms with Crippen LogP contribution in [0.25, 0.3) is 0 Å². The van der Waals surface area contributed by atoms with E-state index in [0.717, 1.165) is 12.8 Å². The molecule has 1 aliphatic heterocycles. The molecule has 1 saturated heterocycles. The second-order valence-electron chi connectivity index (χ2n) is 7.14. The van der Waals surface area contributed by atoms with Gasteiger partial charge in [-0.2, -0.15) is 0 Å². The molecule has 0 bridgehead atoms. The van der Waals surface area contributed by atoms with Gasteiger partial charge in [0.25, 0.3) is 11.8 Å². The average Bonchev–Trinajstić information content (AvgIpc) is 2.48. The fourth-order valence-electron chi connectivity index (χ4n) is 3.15. The Balaban J connectivity index is 3.26. The maximum Gasteiger partial charge on any atom is 0.458 e. The molecule has 0 unspecified atom stereocenters. The van der Waals surface area contributed by atoms with Gasteiger partial charge in [-0.15, -0.1) is 0 Å². The number of amides is 2. The second kappa shape index (κ2) is 7.22. The van der Waals surface area contributed by atoms with E-state index in [1.54, 1.807) is 42.0 Å². The molecule has 7 heteroatoms. The Kier molecular flexibility index (Phi) is 6.27. The minimum Gasteiger partial charge on any atom is -0.396 e. The lowest BCUT2D eigenvalue weighted by Crippen LogP contribution is -2.69. The molecule has 1 heterocycles. The van der Waals surface area contributed by atoms with Crippen molar-refractivity contribution in [1.29, 1.82) is 0 Å². The first-order valence-corrected chi connectivity index (χ1v) is 8.29. The smallest absolute Gasteiger partial charge is 0.396 e. The molecule has 1 fully saturated rings. The van der Waals surface area contributed by atoms with Crippen molar-refractivity contribution in [3.8, 4) is 0 Å². The summed E-state index contributed by atoms with van der Waals surface area (Å²) in [6, 6.07) is 0. The summed E-state index contributed by atoms with van der Waals surface area (Å²) in [6.45, 7) is 7.46. The first-order valence-electron chi connectivity index (χ1n) is 8.29. The summed E-state index contributed by atoms with van der Waals surface area (Å²) >= 11 is 0. The summed E-state index contributed by atoms with van der Waals surface area (Å²) in [5.41, 5.74) is -2.19. The van der Waals surface area contributed by atoms with Crippen LogP contribution in [-0.4, -0.2) is 68.1 Å². The van der Waals surface area contributed by atoms with Crippen molar-refractivity contribution in [3.05, 3.63) is 0 Å². The Bertz CT molecular complexity index is 421. The summed E-state index contributed by atoms with van der Waals surface area (Å²) in [6.07, 6.45) is 2.57. The number of hydrogen-bond acceptors (Lipinski definition) is 4. The summed E-state index contributed by atoms with van der Waals surface area (Å²) in [4.78, 5) is 28.5. The molecule has 2 atom stereocenters. The largest absolute Gasteiger partial charge is 0.458 e. The highest BCUT2D eigenvalue weighted by atomic mass is 16.6. The maximum absolute atomic E-state index is 12.8. The van der Waals surface area contributed by atoms with Crippen LogP contribution in [0.5, 0.6) is 0 Å². The van der Waals surface area contributed by atoms with E-state index in [1.165, 1.54) is 9.80 Å². The van der Waals surface area contributed by atoms with Gasteiger partial charge in [0.15, 0.2) is 0 Å². The van der Waals surface area contributed by atoms with Gasteiger partial charge in [-0.25, -0.2) is 0 Å². The van der Waals surface area contributed by atoms with E-state index in [1.807, 2.05) is 6.92 Å². The van der Waals surface area contributed by atoms with Gasteiger partial charge in [-0.1, -0.05) is 26.7 Å². The van der Waals surface area contributed by atoms with Gasteiger partial charge in [0.05, 0.1) is 0 Å². The third-order valence-electron chi connectivity index (χ3n) is 4.86. The number of likely N-dealkylation sites (N-methyl/N-ethyl adjacent to an activating group) is 2. The molecule has 0 aromatic carbocycles. The van der Waals surface area contributed by atoms with E-state index in [-0.39, 0.29) is 11.8 Å². The van der Waals surface area contributed by atoms with Crippen molar-refractivity contribution in [2.75, 3.05) is 28.2 Å². The van der Waals surface area contributed by atoms with Gasteiger partial charge >= 0.3 is 7.12 Å². The zero-order valence-corrected chi connectivity index (χ0v) is 15.8. The highest BCUT2D eigenvalue weighted by molar-refractivity contribution is 6.45. The highest BCUT2D eigenvalue weighted by Gasteiger charge is 2.60. The first-order chi connectivity index (χ1) is 10.5. The summed E-state index contributed by atoms with van der Waals surface area (Å²) < 4.78 is 12.1. The summed E-state index contributed by atoms with van der Waals surface area (Å²) in [5.74, 6) is -0.710. The van der Waals surface area contributed by atoms with Gasteiger partial charge in [0, 0.05) is 34.1 Å². The highest BCUT2D eigenvalue weighted by Crippen LogP contribution is 2.42. The van der Waals surface area contributed by atoms with Crippen LogP contribution >= 0.6 is 0 Å². The zero-order valence-electron chi connectivity index (χ0n) is 15.8. The Morgan fingerprint density at radius 1 is 1.00 bits per heavy atom. The molecular weight excluding hydrogens is 295 g/mol. The summed E-state index contributed by atoms with van der Waals surface area (Å²) in [7, 11) is 6.24. The second-order valence-corrected chi connectivity index (χ2v) is 7.14. The molecule has 0 spiro atoms. The Morgan fingerprint density at radius 3 is 1.70 bits per heavy atom. The van der Waals surface area contributed by atoms with Gasteiger partial charge in [0.1, 0.15) is 11.2 Å². The van der Waals surface area contributed by atoms with Crippen LogP contribution in [0.2, 0.25) is 6.32 Å². The quantitative estimate of drug-likeness (QED) is 0.721. The minimum absolute atomic E-state index is 0.146. The van der Waals surface area contributed by atoms with Crippen molar-refractivity contribution in [2.24, 2.45) is 5.92 Å². The number of hydrogen-bond donors (Lipinski definition) is 0. The molecule has 0 radical (unpaired) electrons. The Hall–Kier alpha value is -1.08. The van der Waals surface area contributed by atoms with Crippen LogP contribution in [0.1, 0.15) is 40.5 Å². The molecule has 0 aromatic rings. The number of rotatable bonds is 5. The first kappa shape index (κ1) is 20.0. The number of nitrogens with zero attached hydrogens (tertiary/aromatic N) is 2. The van der Waals surface area contributed by atoms with E-state index >= 15 is 0 Å². The van der Waals surface area contributed by atoms with Crippen LogP contribution in [-0.2, 0) is 18.9 Å². The summed E-state index contributed by atoms with van der Waals surface area (Å²) in [5, 5.41) is 0. The normalized spacial score (nSPS) is 28.6. The van der Waals surface area contributed by atoms with Crippen molar-refractivity contribution in [1.82, 2.24) is 9.80 Å². The molecular formula is C16H31BN2O4. The standard InChI is InChI=1S/C16H31BN2O4/c1-9-10-11-17-22-15(3,13(20)18(5)6)12(2)16(4,23-17)14(21)19(7)8/h12H,9-11H2,1-8H3/t15-,16-/m1/s1. The van der Waals surface area contributed by atoms with Crippen LogP contribution in [0, 0.1) is 5.92 Å². The third kappa shape index (κ3) is 3.71. The molecule has 6 nitrogen and oxygen atoms in total. The molecule has 132 valence electrons. The number of unbranched alkanes of at least 4 members (excludes halogenated alkanes) is 1. The van der Waals surface area contributed by atoms with Crippen molar-refractivity contribution >= 4 is 18.9 Å². The van der Waals surface area contributed by atoms with Crippen molar-refractivity contribution in [3.63, 3.8) is 0 Å². The van der Waals surface area contributed by atoms with Crippen molar-refractivity contribution < 1.29 is 18.9 Å². The lowest BCUT2D eigenvalue weighted by atomic mass is 9.68. The van der Waals surface area contributed by atoms with E-state index < -0.39 is 24.2 Å². The monoisotopic (exact) mass is 326 g/mol. The maximum atomic E-state index is 12.8. The zero-order chi connectivity index (χ0) is 18.0. The van der Waals surface area contributed by atoms with E-state index in [2.05, 4.69) is 6.92 Å². The van der Waals surface area contributed by atoms with Crippen LogP contribution in [0.4, 0.5) is 0 Å². The molecule has 2 amide bonds. The molecule has 0 N–H and O–H groups in total. The average molecular weight is 326 g/mol. The van der Waals surface area contributed by atoms with E-state index in [4.69, 9.17) is 9.31 Å². The SMILES string of the molecule is CCCCB1O[C@@](C)(C(=O)N(C)C)C(C)[C@](C)(C(=O)N(C)C)O1. The molecule has 1 aliphatic rings. The predicted octanol–water partition coefficient (Wildman–Crippen LogP) is 1.65. The lowest BCUT2D eigenvalue weighted by Gasteiger charge is -2.51.